The van der Waals surface area contributed by atoms with Crippen molar-refractivity contribution in [1.29, 1.82) is 0 Å². The van der Waals surface area contributed by atoms with Crippen molar-refractivity contribution in [3.63, 3.8) is 0 Å². The molecule has 6 nitrogen and oxygen atoms in total. The zero-order valence-electron chi connectivity index (χ0n) is 50.0. The molecule has 0 aliphatic rings. The molecule has 6 heteroatoms. The Bertz CT molecular complexity index is 1090. The lowest BCUT2D eigenvalue weighted by molar-refractivity contribution is -0.167. The van der Waals surface area contributed by atoms with Crippen molar-refractivity contribution in [2.75, 3.05) is 13.2 Å². The third-order valence-corrected chi connectivity index (χ3v) is 15.6. The molecule has 434 valence electrons. The van der Waals surface area contributed by atoms with Gasteiger partial charge in [-0.25, -0.2) is 0 Å². The normalized spacial score (nSPS) is 11.9. The van der Waals surface area contributed by atoms with E-state index in [1.165, 1.54) is 295 Å². The van der Waals surface area contributed by atoms with E-state index in [0.717, 1.165) is 57.8 Å². The minimum Gasteiger partial charge on any atom is -0.462 e. The van der Waals surface area contributed by atoms with E-state index in [9.17, 15) is 14.4 Å². The molecular formula is C67H130O6. The quantitative estimate of drug-likeness (QED) is 0.0343. The monoisotopic (exact) mass is 1030 g/mol. The van der Waals surface area contributed by atoms with E-state index >= 15 is 0 Å². The van der Waals surface area contributed by atoms with E-state index in [4.69, 9.17) is 14.2 Å². The first-order chi connectivity index (χ1) is 36.0. The predicted molar refractivity (Wildman–Crippen MR) is 317 cm³/mol. The maximum Gasteiger partial charge on any atom is 0.306 e. The standard InChI is InChI=1S/C67H130O6/c1-4-7-10-13-16-19-21-23-25-27-29-31-32-33-34-35-36-37-39-40-42-44-46-48-51-54-57-60-66(69)72-63-64(62-71-65(68)59-56-53-50-18-15-12-9-6-3)73-67(70)61-58-55-52-49-47-45-43-41-38-30-28-26-24-22-20-17-14-11-8-5-2/h64H,4-63H2,1-3H3. The van der Waals surface area contributed by atoms with Crippen LogP contribution in [-0.4, -0.2) is 37.2 Å². The summed E-state index contributed by atoms with van der Waals surface area (Å²) in [4.78, 5) is 38.1. The SMILES string of the molecule is CCCCCCCCCCCCCCCCCCCCCCCCCCCCCC(=O)OCC(COC(=O)CCCCCCCCCC)OC(=O)CCCCCCCCCCCCCCCCCCCCCC. The molecule has 0 saturated carbocycles. The average Bonchev–Trinajstić information content (AvgIpc) is 3.39. The molecule has 0 aromatic heterocycles. The van der Waals surface area contributed by atoms with Gasteiger partial charge in [-0.3, -0.25) is 14.4 Å². The molecule has 0 rings (SSSR count). The van der Waals surface area contributed by atoms with Gasteiger partial charge in [-0.05, 0) is 19.3 Å². The van der Waals surface area contributed by atoms with Crippen LogP contribution in [0.25, 0.3) is 0 Å². The van der Waals surface area contributed by atoms with Crippen LogP contribution in [0.15, 0.2) is 0 Å². The van der Waals surface area contributed by atoms with E-state index in [2.05, 4.69) is 20.8 Å². The van der Waals surface area contributed by atoms with Crippen molar-refractivity contribution in [1.82, 2.24) is 0 Å². The number of ether oxygens (including phenoxy) is 3. The minimum atomic E-state index is -0.761. The van der Waals surface area contributed by atoms with Gasteiger partial charge >= 0.3 is 17.9 Å². The summed E-state index contributed by atoms with van der Waals surface area (Å²) in [6.07, 6.45) is 72.9. The predicted octanol–water partition coefficient (Wildman–Crippen LogP) is 22.7. The molecule has 1 unspecified atom stereocenters. The first kappa shape index (κ1) is 71.4. The Morgan fingerprint density at radius 2 is 0.370 bits per heavy atom. The summed E-state index contributed by atoms with van der Waals surface area (Å²) in [6.45, 7) is 6.70. The van der Waals surface area contributed by atoms with Gasteiger partial charge in [0.2, 0.25) is 0 Å². The lowest BCUT2D eigenvalue weighted by atomic mass is 10.0. The highest BCUT2D eigenvalue weighted by molar-refractivity contribution is 5.71. The summed E-state index contributed by atoms with van der Waals surface area (Å²) in [5, 5.41) is 0. The maximum atomic E-state index is 12.9. The number of hydrogen-bond acceptors (Lipinski definition) is 6. The number of carbonyl (C=O) groups is 3. The molecule has 0 aliphatic heterocycles. The van der Waals surface area contributed by atoms with Crippen LogP contribution in [0.5, 0.6) is 0 Å². The molecule has 0 amide bonds. The number of esters is 3. The van der Waals surface area contributed by atoms with Crippen LogP contribution in [0.2, 0.25) is 0 Å². The van der Waals surface area contributed by atoms with E-state index in [0.29, 0.717) is 19.3 Å². The Hall–Kier alpha value is -1.59. The topological polar surface area (TPSA) is 78.9 Å². The summed E-state index contributed by atoms with van der Waals surface area (Å²) in [5.74, 6) is -0.832. The summed E-state index contributed by atoms with van der Waals surface area (Å²) in [7, 11) is 0. The van der Waals surface area contributed by atoms with Crippen LogP contribution < -0.4 is 0 Å². The van der Waals surface area contributed by atoms with Crippen molar-refractivity contribution < 1.29 is 28.6 Å². The molecule has 0 radical (unpaired) electrons. The van der Waals surface area contributed by atoms with E-state index in [1.54, 1.807) is 0 Å². The third kappa shape index (κ3) is 61.1. The Morgan fingerprint density at radius 1 is 0.219 bits per heavy atom. The molecule has 0 bridgehead atoms. The van der Waals surface area contributed by atoms with Crippen LogP contribution >= 0.6 is 0 Å². The molecule has 0 spiro atoms. The van der Waals surface area contributed by atoms with Gasteiger partial charge in [0.1, 0.15) is 13.2 Å². The van der Waals surface area contributed by atoms with Gasteiger partial charge in [0.15, 0.2) is 6.10 Å². The molecule has 0 aromatic rings. The van der Waals surface area contributed by atoms with Gasteiger partial charge in [0, 0.05) is 19.3 Å². The van der Waals surface area contributed by atoms with Crippen LogP contribution in [-0.2, 0) is 28.6 Å². The van der Waals surface area contributed by atoms with Crippen LogP contribution in [0.4, 0.5) is 0 Å². The number of unbranched alkanes of at least 4 members (excludes halogenated alkanes) is 52. The zero-order chi connectivity index (χ0) is 52.9. The summed E-state index contributed by atoms with van der Waals surface area (Å²) in [6, 6.07) is 0. The van der Waals surface area contributed by atoms with Gasteiger partial charge in [-0.15, -0.1) is 0 Å². The van der Waals surface area contributed by atoms with Crippen molar-refractivity contribution in [2.45, 2.75) is 399 Å². The lowest BCUT2D eigenvalue weighted by Crippen LogP contribution is -2.30. The van der Waals surface area contributed by atoms with Crippen molar-refractivity contribution in [3.05, 3.63) is 0 Å². The highest BCUT2D eigenvalue weighted by atomic mass is 16.6. The van der Waals surface area contributed by atoms with Crippen molar-refractivity contribution in [3.8, 4) is 0 Å². The maximum absolute atomic E-state index is 12.9. The van der Waals surface area contributed by atoms with Gasteiger partial charge in [-0.1, -0.05) is 355 Å². The largest absolute Gasteiger partial charge is 0.462 e. The molecule has 0 N–H and O–H groups in total. The molecule has 1 atom stereocenters. The summed E-state index contributed by atoms with van der Waals surface area (Å²) < 4.78 is 16.9. The summed E-state index contributed by atoms with van der Waals surface area (Å²) >= 11 is 0. The number of hydrogen-bond donors (Lipinski definition) is 0. The molecule has 0 saturated heterocycles. The average molecular weight is 1030 g/mol. The lowest BCUT2D eigenvalue weighted by Gasteiger charge is -2.18. The van der Waals surface area contributed by atoms with E-state index < -0.39 is 6.10 Å². The molecule has 0 aromatic carbocycles. The van der Waals surface area contributed by atoms with Gasteiger partial charge in [-0.2, -0.15) is 0 Å². The van der Waals surface area contributed by atoms with Gasteiger partial charge < -0.3 is 14.2 Å². The highest BCUT2D eigenvalue weighted by Gasteiger charge is 2.19. The highest BCUT2D eigenvalue weighted by Crippen LogP contribution is 2.19. The third-order valence-electron chi connectivity index (χ3n) is 15.6. The van der Waals surface area contributed by atoms with Gasteiger partial charge in [0.25, 0.3) is 0 Å². The fourth-order valence-corrected chi connectivity index (χ4v) is 10.6. The fourth-order valence-electron chi connectivity index (χ4n) is 10.6. The second kappa shape index (κ2) is 62.9. The second-order valence-electron chi connectivity index (χ2n) is 23.1. The zero-order valence-corrected chi connectivity index (χ0v) is 50.0. The number of rotatable bonds is 63. The Morgan fingerprint density at radius 3 is 0.548 bits per heavy atom. The first-order valence-electron chi connectivity index (χ1n) is 33.5. The molecule has 0 heterocycles. The van der Waals surface area contributed by atoms with Crippen LogP contribution in [0.3, 0.4) is 0 Å². The molecular weight excluding hydrogens is 901 g/mol. The smallest absolute Gasteiger partial charge is 0.306 e. The first-order valence-corrected chi connectivity index (χ1v) is 33.5. The second-order valence-corrected chi connectivity index (χ2v) is 23.1. The molecule has 73 heavy (non-hydrogen) atoms. The van der Waals surface area contributed by atoms with E-state index in [-0.39, 0.29) is 31.1 Å². The van der Waals surface area contributed by atoms with Crippen molar-refractivity contribution in [2.24, 2.45) is 0 Å². The Labute approximate surface area is 457 Å². The Balaban J connectivity index is 4.04. The number of carbonyl (C=O) groups excluding carboxylic acids is 3. The van der Waals surface area contributed by atoms with E-state index in [1.807, 2.05) is 0 Å². The minimum absolute atomic E-state index is 0.0611. The molecule has 0 fully saturated rings. The fraction of sp³-hybridized carbons (Fsp3) is 0.955. The Kier molecular flexibility index (Phi) is 61.6. The van der Waals surface area contributed by atoms with Gasteiger partial charge in [0.05, 0.1) is 0 Å². The van der Waals surface area contributed by atoms with Crippen LogP contribution in [0, 0.1) is 0 Å². The molecule has 0 aliphatic carbocycles. The van der Waals surface area contributed by atoms with Crippen LogP contribution in [0.1, 0.15) is 393 Å². The van der Waals surface area contributed by atoms with Crippen molar-refractivity contribution >= 4 is 17.9 Å². The summed E-state index contributed by atoms with van der Waals surface area (Å²) in [5.41, 5.74) is 0.